The number of alkyl halides is 3. The molecular weight excluding hydrogens is 459 g/mol. The van der Waals surface area contributed by atoms with E-state index in [1.165, 1.54) is 6.42 Å². The molecule has 35 heavy (non-hydrogen) atoms. The van der Waals surface area contributed by atoms with E-state index in [1.807, 2.05) is 0 Å². The highest BCUT2D eigenvalue weighted by molar-refractivity contribution is 5.94. The fourth-order valence-electron chi connectivity index (χ4n) is 5.78. The zero-order valence-electron chi connectivity index (χ0n) is 19.2. The van der Waals surface area contributed by atoms with Crippen LogP contribution >= 0.6 is 0 Å². The van der Waals surface area contributed by atoms with Crippen molar-refractivity contribution in [3.8, 4) is 11.3 Å². The second kappa shape index (κ2) is 9.03. The van der Waals surface area contributed by atoms with E-state index >= 15 is 0 Å². The summed E-state index contributed by atoms with van der Waals surface area (Å²) in [6.45, 7) is 3.69. The molecule has 1 saturated carbocycles. The van der Waals surface area contributed by atoms with E-state index in [-0.39, 0.29) is 23.9 Å². The van der Waals surface area contributed by atoms with Gasteiger partial charge in [-0.2, -0.15) is 13.2 Å². The fraction of sp³-hybridized carbons (Fsp3) is 0.542. The second-order valence-corrected chi connectivity index (χ2v) is 9.57. The number of nitrogens with zero attached hydrogens (tertiary/aromatic N) is 4. The number of rotatable bonds is 4. The van der Waals surface area contributed by atoms with Gasteiger partial charge in [-0.3, -0.25) is 0 Å². The molecular formula is C24H28F3N7O. The van der Waals surface area contributed by atoms with E-state index in [4.69, 9.17) is 4.74 Å². The summed E-state index contributed by atoms with van der Waals surface area (Å²) in [7, 11) is 0. The van der Waals surface area contributed by atoms with Crippen molar-refractivity contribution < 1.29 is 17.9 Å². The lowest BCUT2D eigenvalue weighted by molar-refractivity contribution is -0.137. The predicted octanol–water partition coefficient (Wildman–Crippen LogP) is 3.43. The maximum atomic E-state index is 14.1. The van der Waals surface area contributed by atoms with Crippen LogP contribution in [0, 0.1) is 11.8 Å². The normalized spacial score (nSPS) is 27.2. The molecule has 4 atom stereocenters. The van der Waals surface area contributed by atoms with Crippen LogP contribution in [0.15, 0.2) is 30.7 Å². The number of hydrogen-bond acceptors (Lipinski definition) is 7. The quantitative estimate of drug-likeness (QED) is 0.520. The lowest BCUT2D eigenvalue weighted by Gasteiger charge is -2.33. The highest BCUT2D eigenvalue weighted by Gasteiger charge is 2.39. The molecule has 3 aromatic rings. The molecule has 8 nitrogen and oxygen atoms in total. The number of pyridine rings is 1. The summed E-state index contributed by atoms with van der Waals surface area (Å²) in [4.78, 5) is 13.0. The standard InChI is InChI=1S/C24H28F3N7O/c25-24(26,27)18-11-31-23(32-19-5-1-3-14-9-29-10-16(14)19)33-21(18)17-13-34(20-12-28-7-8-35-20)22-15(17)4-2-6-30-22/h2,4,6,11,13-14,16,19-20,28-29H,1,3,5,7-10,12H2,(H,31,32,33). The molecule has 3 aliphatic rings. The monoisotopic (exact) mass is 487 g/mol. The van der Waals surface area contributed by atoms with Gasteiger partial charge in [-0.25, -0.2) is 15.0 Å². The first-order chi connectivity index (χ1) is 17.0. The van der Waals surface area contributed by atoms with Crippen LogP contribution in [0.3, 0.4) is 0 Å². The Bertz CT molecular complexity index is 1210. The molecule has 3 aromatic heterocycles. The molecule has 1 aliphatic carbocycles. The largest absolute Gasteiger partial charge is 0.419 e. The number of fused-ring (bicyclic) bond motifs is 2. The average molecular weight is 488 g/mol. The Hall–Kier alpha value is -2.76. The maximum Gasteiger partial charge on any atom is 0.419 e. The lowest BCUT2D eigenvalue weighted by atomic mass is 9.78. The minimum atomic E-state index is -4.60. The first-order valence-corrected chi connectivity index (χ1v) is 12.2. The molecule has 6 rings (SSSR count). The molecule has 0 radical (unpaired) electrons. The first-order valence-electron chi connectivity index (χ1n) is 12.2. The van der Waals surface area contributed by atoms with Crippen molar-refractivity contribution in [1.82, 2.24) is 30.2 Å². The van der Waals surface area contributed by atoms with Gasteiger partial charge in [0.1, 0.15) is 17.4 Å². The molecule has 0 aromatic carbocycles. The van der Waals surface area contributed by atoms with Crippen molar-refractivity contribution >= 4 is 17.0 Å². The SMILES string of the molecule is FC(F)(F)c1cnc(NC2CCCC3CNCC32)nc1-c1cn(C2CNCCO2)c2ncccc12. The van der Waals surface area contributed by atoms with Gasteiger partial charge in [0.05, 0.1) is 12.3 Å². The summed E-state index contributed by atoms with van der Waals surface area (Å²) in [5.74, 6) is 1.24. The van der Waals surface area contributed by atoms with E-state index in [1.54, 1.807) is 29.1 Å². The molecule has 3 fully saturated rings. The number of ether oxygens (including phenoxy) is 1. The van der Waals surface area contributed by atoms with Crippen LogP contribution in [-0.4, -0.2) is 58.3 Å². The molecule has 11 heteroatoms. The number of nitrogens with one attached hydrogen (secondary N) is 3. The van der Waals surface area contributed by atoms with E-state index in [9.17, 15) is 13.2 Å². The van der Waals surface area contributed by atoms with Crippen LogP contribution in [0.5, 0.6) is 0 Å². The molecule has 2 saturated heterocycles. The number of anilines is 1. The van der Waals surface area contributed by atoms with Crippen LogP contribution in [0.1, 0.15) is 31.1 Å². The molecule has 4 unspecified atom stereocenters. The minimum Gasteiger partial charge on any atom is -0.355 e. The van der Waals surface area contributed by atoms with Gasteiger partial charge < -0.3 is 25.3 Å². The summed E-state index contributed by atoms with van der Waals surface area (Å²) in [6.07, 6.45) is 2.46. The smallest absolute Gasteiger partial charge is 0.355 e. The zero-order chi connectivity index (χ0) is 24.0. The minimum absolute atomic E-state index is 0.137. The van der Waals surface area contributed by atoms with E-state index in [2.05, 4.69) is 30.9 Å². The van der Waals surface area contributed by atoms with Crippen molar-refractivity contribution in [3.05, 3.63) is 36.3 Å². The number of halogens is 3. The Labute approximate surface area is 200 Å². The van der Waals surface area contributed by atoms with Gasteiger partial charge in [0.2, 0.25) is 5.95 Å². The molecule has 0 bridgehead atoms. The van der Waals surface area contributed by atoms with Gasteiger partial charge in [-0.15, -0.1) is 0 Å². The van der Waals surface area contributed by atoms with Crippen LogP contribution in [0.4, 0.5) is 19.1 Å². The topological polar surface area (TPSA) is 88.9 Å². The number of morpholine rings is 1. The maximum absolute atomic E-state index is 14.1. The fourth-order valence-corrected chi connectivity index (χ4v) is 5.78. The van der Waals surface area contributed by atoms with Crippen LogP contribution in [0.25, 0.3) is 22.3 Å². The Kier molecular flexibility index (Phi) is 5.85. The van der Waals surface area contributed by atoms with Crippen LogP contribution in [-0.2, 0) is 10.9 Å². The van der Waals surface area contributed by atoms with Crippen molar-refractivity contribution in [2.24, 2.45) is 11.8 Å². The van der Waals surface area contributed by atoms with Gasteiger partial charge in [-0.1, -0.05) is 6.42 Å². The summed E-state index contributed by atoms with van der Waals surface area (Å²) < 4.78 is 50.0. The molecule has 0 spiro atoms. The molecule has 2 aliphatic heterocycles. The Balaban J connectivity index is 1.42. The van der Waals surface area contributed by atoms with Gasteiger partial charge in [0.15, 0.2) is 0 Å². The highest BCUT2D eigenvalue weighted by atomic mass is 19.4. The zero-order valence-corrected chi connectivity index (χ0v) is 19.2. The highest BCUT2D eigenvalue weighted by Crippen LogP contribution is 2.40. The third-order valence-corrected chi connectivity index (χ3v) is 7.47. The number of aromatic nitrogens is 4. The van der Waals surface area contributed by atoms with E-state index < -0.39 is 11.7 Å². The van der Waals surface area contributed by atoms with Crippen LogP contribution in [0.2, 0.25) is 0 Å². The summed E-state index contributed by atoms with van der Waals surface area (Å²) in [5, 5.41) is 10.7. The summed E-state index contributed by atoms with van der Waals surface area (Å²) in [5.41, 5.74) is -0.0844. The van der Waals surface area contributed by atoms with Crippen LogP contribution < -0.4 is 16.0 Å². The van der Waals surface area contributed by atoms with Gasteiger partial charge in [-0.05, 0) is 43.4 Å². The van der Waals surface area contributed by atoms with E-state index in [0.717, 1.165) is 38.7 Å². The summed E-state index contributed by atoms with van der Waals surface area (Å²) >= 11 is 0. The summed E-state index contributed by atoms with van der Waals surface area (Å²) in [6, 6.07) is 3.63. The van der Waals surface area contributed by atoms with Gasteiger partial charge in [0.25, 0.3) is 0 Å². The Morgan fingerprint density at radius 3 is 2.86 bits per heavy atom. The first kappa shape index (κ1) is 22.7. The lowest BCUT2D eigenvalue weighted by Crippen LogP contribution is -2.38. The Morgan fingerprint density at radius 1 is 1.11 bits per heavy atom. The van der Waals surface area contributed by atoms with Crippen molar-refractivity contribution in [3.63, 3.8) is 0 Å². The van der Waals surface area contributed by atoms with Gasteiger partial charge >= 0.3 is 6.18 Å². The molecule has 3 N–H and O–H groups in total. The third-order valence-electron chi connectivity index (χ3n) is 7.47. The van der Waals surface area contributed by atoms with Gasteiger partial charge in [0, 0.05) is 55.2 Å². The molecule has 186 valence electrons. The average Bonchev–Trinajstić information content (AvgIpc) is 3.50. The third kappa shape index (κ3) is 4.25. The van der Waals surface area contributed by atoms with E-state index in [0.29, 0.717) is 41.6 Å². The molecule has 5 heterocycles. The predicted molar refractivity (Wildman–Crippen MR) is 125 cm³/mol. The Morgan fingerprint density at radius 2 is 2.03 bits per heavy atom. The second-order valence-electron chi connectivity index (χ2n) is 9.57. The number of hydrogen-bond donors (Lipinski definition) is 3. The van der Waals surface area contributed by atoms with Crippen molar-refractivity contribution in [1.29, 1.82) is 0 Å². The van der Waals surface area contributed by atoms with Crippen molar-refractivity contribution in [2.75, 3.05) is 38.1 Å². The van der Waals surface area contributed by atoms with Crippen molar-refractivity contribution in [2.45, 2.75) is 37.7 Å². The molecule has 0 amide bonds.